The van der Waals surface area contributed by atoms with Crippen LogP contribution in [-0.2, 0) is 11.4 Å². The number of aromatic nitrogens is 1. The Balaban J connectivity index is 1.30. The molecule has 1 fully saturated rings. The van der Waals surface area contributed by atoms with Crippen molar-refractivity contribution in [2.45, 2.75) is 32.4 Å². The van der Waals surface area contributed by atoms with Crippen LogP contribution in [0.5, 0.6) is 0 Å². The molecule has 0 aliphatic carbocycles. The second-order valence-electron chi connectivity index (χ2n) is 7.94. The monoisotopic (exact) mass is 404 g/mol. The average molecular weight is 405 g/mol. The van der Waals surface area contributed by atoms with E-state index in [1.165, 1.54) is 0 Å². The molecule has 1 saturated heterocycles. The van der Waals surface area contributed by atoms with Crippen LogP contribution in [0.25, 0.3) is 10.9 Å². The Bertz CT molecular complexity index is 1020. The van der Waals surface area contributed by atoms with Gasteiger partial charge in [0.05, 0.1) is 24.4 Å². The summed E-state index contributed by atoms with van der Waals surface area (Å²) in [6.45, 7) is 4.16. The molecule has 30 heavy (non-hydrogen) atoms. The minimum Gasteiger partial charge on any atom is -0.392 e. The summed E-state index contributed by atoms with van der Waals surface area (Å²) in [7, 11) is 0. The van der Waals surface area contributed by atoms with Crippen LogP contribution in [0.15, 0.2) is 54.7 Å². The van der Waals surface area contributed by atoms with Crippen LogP contribution in [0, 0.1) is 6.92 Å². The van der Waals surface area contributed by atoms with Crippen LogP contribution in [0.4, 0.5) is 11.4 Å². The predicted octanol–water partition coefficient (Wildman–Crippen LogP) is 3.55. The molecule has 0 saturated carbocycles. The van der Waals surface area contributed by atoms with Gasteiger partial charge in [0.25, 0.3) is 0 Å². The molecule has 3 aromatic rings. The van der Waals surface area contributed by atoms with Gasteiger partial charge in [-0.1, -0.05) is 35.9 Å². The highest BCUT2D eigenvalue weighted by atomic mass is 16.3. The first kappa shape index (κ1) is 20.3. The van der Waals surface area contributed by atoms with Crippen molar-refractivity contribution in [3.8, 4) is 0 Å². The molecule has 6 nitrogen and oxygen atoms in total. The van der Waals surface area contributed by atoms with Gasteiger partial charge >= 0.3 is 0 Å². The van der Waals surface area contributed by atoms with E-state index in [1.807, 2.05) is 49.4 Å². The largest absolute Gasteiger partial charge is 0.392 e. The van der Waals surface area contributed by atoms with E-state index in [1.54, 1.807) is 6.20 Å². The van der Waals surface area contributed by atoms with E-state index in [2.05, 4.69) is 26.6 Å². The van der Waals surface area contributed by atoms with Gasteiger partial charge < -0.3 is 15.7 Å². The maximum atomic E-state index is 12.6. The third-order valence-electron chi connectivity index (χ3n) is 5.65. The molecule has 2 aromatic carbocycles. The molecular formula is C24H28N4O2. The molecule has 4 rings (SSSR count). The number of para-hydroxylation sites is 1. The summed E-state index contributed by atoms with van der Waals surface area (Å²) < 4.78 is 0. The van der Waals surface area contributed by atoms with Crippen LogP contribution in [0.3, 0.4) is 0 Å². The van der Waals surface area contributed by atoms with Crippen molar-refractivity contribution in [1.29, 1.82) is 0 Å². The zero-order valence-electron chi connectivity index (χ0n) is 17.3. The zero-order chi connectivity index (χ0) is 20.9. The highest BCUT2D eigenvalue weighted by Gasteiger charge is 2.21. The van der Waals surface area contributed by atoms with Crippen molar-refractivity contribution in [3.05, 3.63) is 65.9 Å². The Morgan fingerprint density at radius 2 is 1.93 bits per heavy atom. The van der Waals surface area contributed by atoms with Gasteiger partial charge in [-0.25, -0.2) is 0 Å². The molecular weight excluding hydrogens is 376 g/mol. The molecule has 3 N–H and O–H groups in total. The number of anilines is 2. The van der Waals surface area contributed by atoms with Crippen LogP contribution in [0.1, 0.15) is 24.0 Å². The number of rotatable bonds is 6. The smallest absolute Gasteiger partial charge is 0.238 e. The lowest BCUT2D eigenvalue weighted by Gasteiger charge is -2.32. The molecule has 6 heteroatoms. The maximum absolute atomic E-state index is 12.6. The minimum absolute atomic E-state index is 0.0133. The quantitative estimate of drug-likeness (QED) is 0.586. The summed E-state index contributed by atoms with van der Waals surface area (Å²) in [4.78, 5) is 19.2. The fraction of sp³-hybridized carbons (Fsp3) is 0.333. The number of benzene rings is 2. The summed E-state index contributed by atoms with van der Waals surface area (Å²) in [6.07, 6.45) is 3.66. The molecule has 0 radical (unpaired) electrons. The first-order valence-electron chi connectivity index (χ1n) is 10.5. The van der Waals surface area contributed by atoms with Gasteiger partial charge in [-0.15, -0.1) is 0 Å². The van der Waals surface area contributed by atoms with Crippen molar-refractivity contribution in [2.24, 2.45) is 0 Å². The van der Waals surface area contributed by atoms with E-state index >= 15 is 0 Å². The fourth-order valence-corrected chi connectivity index (χ4v) is 4.05. The lowest BCUT2D eigenvalue weighted by molar-refractivity contribution is -0.117. The number of piperidine rings is 1. The van der Waals surface area contributed by atoms with Crippen LogP contribution in [-0.4, -0.2) is 46.6 Å². The number of hydrogen-bond donors (Lipinski definition) is 3. The number of aliphatic hydroxyl groups excluding tert-OH is 1. The van der Waals surface area contributed by atoms with Crippen LogP contribution in [0.2, 0.25) is 0 Å². The van der Waals surface area contributed by atoms with E-state index in [0.717, 1.165) is 59.3 Å². The van der Waals surface area contributed by atoms with E-state index < -0.39 is 0 Å². The van der Waals surface area contributed by atoms with Crippen molar-refractivity contribution >= 4 is 28.2 Å². The van der Waals surface area contributed by atoms with Gasteiger partial charge in [-0.3, -0.25) is 14.7 Å². The summed E-state index contributed by atoms with van der Waals surface area (Å²) in [5.41, 5.74) is 4.65. The van der Waals surface area contributed by atoms with Crippen molar-refractivity contribution in [1.82, 2.24) is 9.88 Å². The van der Waals surface area contributed by atoms with Gasteiger partial charge in [-0.2, -0.15) is 0 Å². The number of aryl methyl sites for hydroxylation is 1. The van der Waals surface area contributed by atoms with Crippen molar-refractivity contribution in [3.63, 3.8) is 0 Å². The highest BCUT2D eigenvalue weighted by Crippen LogP contribution is 2.23. The van der Waals surface area contributed by atoms with Gasteiger partial charge in [0, 0.05) is 42.0 Å². The second kappa shape index (κ2) is 9.24. The lowest BCUT2D eigenvalue weighted by atomic mass is 10.0. The topological polar surface area (TPSA) is 77.5 Å². The van der Waals surface area contributed by atoms with E-state index in [9.17, 15) is 9.90 Å². The van der Waals surface area contributed by atoms with Gasteiger partial charge in [0.1, 0.15) is 0 Å². The number of carbonyl (C=O) groups is 1. The summed E-state index contributed by atoms with van der Waals surface area (Å²) in [6, 6.07) is 16.2. The number of pyridine rings is 1. The molecule has 0 unspecified atom stereocenters. The summed E-state index contributed by atoms with van der Waals surface area (Å²) in [5.74, 6) is -0.0133. The summed E-state index contributed by atoms with van der Waals surface area (Å²) in [5, 5.41) is 17.2. The molecule has 1 aliphatic heterocycles. The number of hydrogen-bond acceptors (Lipinski definition) is 5. The van der Waals surface area contributed by atoms with Gasteiger partial charge in [-0.05, 0) is 38.0 Å². The molecule has 1 aliphatic rings. The molecule has 0 bridgehead atoms. The fourth-order valence-electron chi connectivity index (χ4n) is 4.05. The van der Waals surface area contributed by atoms with Gasteiger partial charge in [0.2, 0.25) is 5.91 Å². The average Bonchev–Trinajstić information content (AvgIpc) is 2.76. The highest BCUT2D eigenvalue weighted by molar-refractivity contribution is 6.00. The zero-order valence-corrected chi connectivity index (χ0v) is 17.3. The molecule has 0 spiro atoms. The number of aliphatic hydroxyl groups is 1. The SMILES string of the molecule is Cc1ccc(NC2CCN(CC(=O)Nc3cccc4cccnc34)CC2)c(CO)c1. The van der Waals surface area contributed by atoms with Crippen molar-refractivity contribution < 1.29 is 9.90 Å². The molecule has 1 aromatic heterocycles. The third kappa shape index (κ3) is 4.78. The van der Waals surface area contributed by atoms with E-state index in [0.29, 0.717) is 12.6 Å². The Labute approximate surface area is 176 Å². The molecule has 2 heterocycles. The van der Waals surface area contributed by atoms with Gasteiger partial charge in [0.15, 0.2) is 0 Å². The number of nitrogens with zero attached hydrogens (tertiary/aromatic N) is 2. The maximum Gasteiger partial charge on any atom is 0.238 e. The minimum atomic E-state index is -0.0133. The number of likely N-dealkylation sites (tertiary alicyclic amines) is 1. The number of amides is 1. The Kier molecular flexibility index (Phi) is 6.26. The number of nitrogens with one attached hydrogen (secondary N) is 2. The standard InChI is InChI=1S/C24H28N4O2/c1-17-7-8-21(19(14-17)16-29)26-20-9-12-28(13-10-20)15-23(30)27-22-6-2-4-18-5-3-11-25-24(18)22/h2-8,11,14,20,26,29H,9-10,12-13,15-16H2,1H3,(H,27,30). The second-order valence-corrected chi connectivity index (χ2v) is 7.94. The van der Waals surface area contributed by atoms with Crippen LogP contribution < -0.4 is 10.6 Å². The molecule has 1 amide bonds. The number of fused-ring (bicyclic) bond motifs is 1. The first-order chi connectivity index (χ1) is 14.6. The van der Waals surface area contributed by atoms with Crippen molar-refractivity contribution in [2.75, 3.05) is 30.3 Å². The Morgan fingerprint density at radius 3 is 2.73 bits per heavy atom. The van der Waals surface area contributed by atoms with E-state index in [-0.39, 0.29) is 12.5 Å². The summed E-state index contributed by atoms with van der Waals surface area (Å²) >= 11 is 0. The third-order valence-corrected chi connectivity index (χ3v) is 5.65. The Morgan fingerprint density at radius 1 is 1.13 bits per heavy atom. The van der Waals surface area contributed by atoms with E-state index in [4.69, 9.17) is 0 Å². The first-order valence-corrected chi connectivity index (χ1v) is 10.5. The normalized spacial score (nSPS) is 15.3. The van der Waals surface area contributed by atoms with Crippen LogP contribution >= 0.6 is 0 Å². The molecule has 0 atom stereocenters. The molecule has 156 valence electrons. The number of carbonyl (C=O) groups excluding carboxylic acids is 1. The lowest BCUT2D eigenvalue weighted by Crippen LogP contribution is -2.42. The Hall–Kier alpha value is -2.96. The predicted molar refractivity (Wildman–Crippen MR) is 121 cm³/mol.